The zero-order valence-electron chi connectivity index (χ0n) is 14.3. The molecule has 0 saturated carbocycles. The molecule has 1 aromatic carbocycles. The predicted octanol–water partition coefficient (Wildman–Crippen LogP) is 2.88. The van der Waals surface area contributed by atoms with E-state index in [0.29, 0.717) is 0 Å². The Morgan fingerprint density at radius 3 is 3.00 bits per heavy atom. The van der Waals surface area contributed by atoms with Crippen LogP contribution < -0.4 is 10.6 Å². The Bertz CT molecular complexity index is 896. The summed E-state index contributed by atoms with van der Waals surface area (Å²) in [4.78, 5) is 4.80. The van der Waals surface area contributed by atoms with E-state index >= 15 is 0 Å². The first-order valence-electron chi connectivity index (χ1n) is 8.89. The van der Waals surface area contributed by atoms with Gasteiger partial charge in [0.05, 0.1) is 17.6 Å². The minimum atomic E-state index is 0.844. The topological polar surface area (TPSA) is 54.2 Å². The molecule has 5 heteroatoms. The molecule has 2 aromatic heterocycles. The lowest BCUT2D eigenvalue weighted by atomic mass is 10.0. The molecule has 25 heavy (non-hydrogen) atoms. The van der Waals surface area contributed by atoms with Crippen molar-refractivity contribution in [3.8, 4) is 11.1 Å². The average molecular weight is 333 g/mol. The molecule has 3 heterocycles. The highest BCUT2D eigenvalue weighted by Gasteiger charge is 2.11. The molecule has 3 aromatic rings. The highest BCUT2D eigenvalue weighted by molar-refractivity contribution is 5.78. The fraction of sp³-hybridized carbons (Fsp3) is 0.300. The summed E-state index contributed by atoms with van der Waals surface area (Å²) in [5, 5.41) is 11.3. The first-order chi connectivity index (χ1) is 12.3. The number of nitrogens with zero attached hydrogens (tertiary/aromatic N) is 3. The zero-order chi connectivity index (χ0) is 17.1. The maximum atomic E-state index is 4.80. The van der Waals surface area contributed by atoms with Gasteiger partial charge < -0.3 is 10.6 Å². The van der Waals surface area contributed by atoms with Gasteiger partial charge in [-0.05, 0) is 43.0 Å². The first-order valence-corrected chi connectivity index (χ1v) is 8.89. The Kier molecular flexibility index (Phi) is 4.48. The summed E-state index contributed by atoms with van der Waals surface area (Å²) < 4.78 is 1.82. The molecule has 128 valence electrons. The Balaban J connectivity index is 1.77. The van der Waals surface area contributed by atoms with Crippen LogP contribution >= 0.6 is 0 Å². The monoisotopic (exact) mass is 333 g/mol. The van der Waals surface area contributed by atoms with Crippen molar-refractivity contribution in [1.29, 1.82) is 0 Å². The van der Waals surface area contributed by atoms with Gasteiger partial charge in [0.15, 0.2) is 5.65 Å². The van der Waals surface area contributed by atoms with Crippen LogP contribution in [0.25, 0.3) is 22.5 Å². The van der Waals surface area contributed by atoms with Gasteiger partial charge in [0.2, 0.25) is 0 Å². The van der Waals surface area contributed by atoms with E-state index < -0.39 is 0 Å². The normalized spacial score (nSPS) is 16.1. The van der Waals surface area contributed by atoms with Crippen LogP contribution in [0.2, 0.25) is 0 Å². The van der Waals surface area contributed by atoms with Gasteiger partial charge in [-0.3, -0.25) is 0 Å². The van der Waals surface area contributed by atoms with Crippen LogP contribution in [-0.4, -0.2) is 34.2 Å². The third-order valence-electron chi connectivity index (χ3n) is 4.63. The van der Waals surface area contributed by atoms with Crippen LogP contribution in [0.15, 0.2) is 49.3 Å². The minimum absolute atomic E-state index is 0.844. The lowest BCUT2D eigenvalue weighted by Crippen LogP contribution is -2.27. The number of aromatic nitrogens is 3. The van der Waals surface area contributed by atoms with Crippen molar-refractivity contribution in [2.24, 2.45) is 0 Å². The molecule has 0 fully saturated rings. The van der Waals surface area contributed by atoms with E-state index in [1.807, 2.05) is 23.0 Å². The summed E-state index contributed by atoms with van der Waals surface area (Å²) in [7, 11) is 0. The van der Waals surface area contributed by atoms with Crippen LogP contribution in [0.1, 0.15) is 24.1 Å². The second-order valence-corrected chi connectivity index (χ2v) is 6.45. The third kappa shape index (κ3) is 3.42. The zero-order valence-corrected chi connectivity index (χ0v) is 14.3. The lowest BCUT2D eigenvalue weighted by molar-refractivity contribution is 0.614. The maximum absolute atomic E-state index is 4.80. The van der Waals surface area contributed by atoms with E-state index in [0.717, 1.165) is 48.7 Å². The van der Waals surface area contributed by atoms with Crippen LogP contribution in [0.3, 0.4) is 0 Å². The largest absolute Gasteiger partial charge is 0.383 e. The van der Waals surface area contributed by atoms with Crippen molar-refractivity contribution in [1.82, 2.24) is 25.2 Å². The molecule has 0 aliphatic carbocycles. The Labute approximate surface area is 147 Å². The van der Waals surface area contributed by atoms with Crippen LogP contribution in [0, 0.1) is 0 Å². The molecule has 0 spiro atoms. The first kappa shape index (κ1) is 15.8. The quantitative estimate of drug-likeness (QED) is 0.664. The number of rotatable bonds is 0. The summed E-state index contributed by atoms with van der Waals surface area (Å²) in [5.74, 6) is 0. The van der Waals surface area contributed by atoms with Crippen LogP contribution in [-0.2, 0) is 6.42 Å². The minimum Gasteiger partial charge on any atom is -0.383 e. The van der Waals surface area contributed by atoms with Crippen LogP contribution in [0.5, 0.6) is 0 Å². The summed E-state index contributed by atoms with van der Waals surface area (Å²) in [6, 6.07) is 10.7. The van der Waals surface area contributed by atoms with E-state index in [-0.39, 0.29) is 0 Å². The Morgan fingerprint density at radius 2 is 2.04 bits per heavy atom. The Hall–Kier alpha value is -2.66. The number of benzene rings is 1. The van der Waals surface area contributed by atoms with Crippen molar-refractivity contribution in [2.75, 3.05) is 19.6 Å². The molecular formula is C20H23N5. The van der Waals surface area contributed by atoms with Crippen LogP contribution in [0.4, 0.5) is 0 Å². The van der Waals surface area contributed by atoms with E-state index in [2.05, 4.69) is 46.6 Å². The van der Waals surface area contributed by atoms with E-state index in [1.165, 1.54) is 24.0 Å². The van der Waals surface area contributed by atoms with Crippen molar-refractivity contribution >= 4 is 11.3 Å². The van der Waals surface area contributed by atoms with E-state index in [9.17, 15) is 0 Å². The lowest BCUT2D eigenvalue weighted by Gasteiger charge is -2.11. The van der Waals surface area contributed by atoms with Crippen molar-refractivity contribution < 1.29 is 0 Å². The summed E-state index contributed by atoms with van der Waals surface area (Å²) >= 11 is 0. The smallest absolute Gasteiger partial charge is 0.163 e. The molecule has 1 aliphatic heterocycles. The van der Waals surface area contributed by atoms with Gasteiger partial charge in [-0.2, -0.15) is 5.10 Å². The molecular weight excluding hydrogens is 310 g/mol. The number of hydrogen-bond donors (Lipinski definition) is 2. The second-order valence-electron chi connectivity index (χ2n) is 6.45. The number of fused-ring (bicyclic) bond motifs is 4. The molecule has 1 aliphatic rings. The van der Waals surface area contributed by atoms with Gasteiger partial charge in [-0.1, -0.05) is 30.8 Å². The summed E-state index contributed by atoms with van der Waals surface area (Å²) in [5.41, 5.74) is 6.16. The second kappa shape index (κ2) is 7.07. The van der Waals surface area contributed by atoms with Crippen molar-refractivity contribution in [2.45, 2.75) is 19.3 Å². The predicted molar refractivity (Wildman–Crippen MR) is 101 cm³/mol. The Morgan fingerprint density at radius 1 is 1.08 bits per heavy atom. The summed E-state index contributed by atoms with van der Waals surface area (Å²) in [6.07, 6.45) is 7.31. The van der Waals surface area contributed by atoms with E-state index in [1.54, 1.807) is 0 Å². The molecule has 0 unspecified atom stereocenters. The highest BCUT2D eigenvalue weighted by Crippen LogP contribution is 2.25. The third-order valence-corrected chi connectivity index (χ3v) is 4.63. The van der Waals surface area contributed by atoms with Gasteiger partial charge in [-0.15, -0.1) is 0 Å². The SMILES string of the molecule is C=C1NCCNCCCCc2cccc(c2)-c2cnn3ccc1nc23. The van der Waals surface area contributed by atoms with Gasteiger partial charge in [0, 0.05) is 24.8 Å². The standard InChI is InChI=1S/C20H23N5/c1-15-19-8-12-25-20(24-19)18(14-23-25)17-7-4-6-16(13-17)5-2-3-9-21-10-11-22-15/h4,6-8,12-14,21-22H,1-3,5,9-11H2. The summed E-state index contributed by atoms with van der Waals surface area (Å²) in [6.45, 7) is 6.95. The van der Waals surface area contributed by atoms with Crippen molar-refractivity contribution in [3.05, 3.63) is 60.6 Å². The van der Waals surface area contributed by atoms with Gasteiger partial charge in [-0.25, -0.2) is 9.50 Å². The van der Waals surface area contributed by atoms with Gasteiger partial charge in [0.1, 0.15) is 0 Å². The molecule has 5 nitrogen and oxygen atoms in total. The van der Waals surface area contributed by atoms with Gasteiger partial charge >= 0.3 is 0 Å². The van der Waals surface area contributed by atoms with Crippen molar-refractivity contribution in [3.63, 3.8) is 0 Å². The molecule has 0 saturated heterocycles. The molecule has 2 N–H and O–H groups in total. The molecule has 4 bridgehead atoms. The highest BCUT2D eigenvalue weighted by atomic mass is 15.2. The maximum Gasteiger partial charge on any atom is 0.163 e. The van der Waals surface area contributed by atoms with E-state index in [4.69, 9.17) is 4.98 Å². The molecule has 0 radical (unpaired) electrons. The number of nitrogens with one attached hydrogen (secondary N) is 2. The molecule has 0 atom stereocenters. The fourth-order valence-corrected chi connectivity index (χ4v) is 3.23. The number of aryl methyl sites for hydroxylation is 1. The van der Waals surface area contributed by atoms with Gasteiger partial charge in [0.25, 0.3) is 0 Å². The fourth-order valence-electron chi connectivity index (χ4n) is 3.23. The molecule has 0 amide bonds. The molecule has 4 rings (SSSR count). The average Bonchev–Trinajstić information content (AvgIpc) is 3.06. The number of hydrogen-bond acceptors (Lipinski definition) is 4.